The van der Waals surface area contributed by atoms with E-state index in [1.54, 1.807) is 0 Å². The van der Waals surface area contributed by atoms with E-state index in [0.717, 1.165) is 25.9 Å². The van der Waals surface area contributed by atoms with Crippen LogP contribution in [0.4, 0.5) is 0 Å². The fraction of sp³-hybridized carbons (Fsp3) is 0.824. The molecule has 0 aliphatic carbocycles. The molecule has 5 nitrogen and oxygen atoms in total. The van der Waals surface area contributed by atoms with Crippen molar-refractivity contribution in [3.05, 3.63) is 18.0 Å². The molecule has 0 saturated carbocycles. The highest BCUT2D eigenvalue weighted by atomic mass is 16.5. The molecule has 2 fully saturated rings. The van der Waals surface area contributed by atoms with Gasteiger partial charge in [0.1, 0.15) is 0 Å². The maximum Gasteiger partial charge on any atom is 0.0706 e. The van der Waals surface area contributed by atoms with Crippen molar-refractivity contribution in [3.8, 4) is 0 Å². The van der Waals surface area contributed by atoms with Crippen molar-refractivity contribution >= 4 is 0 Å². The Labute approximate surface area is 133 Å². The lowest BCUT2D eigenvalue weighted by Gasteiger charge is -2.43. The van der Waals surface area contributed by atoms with Gasteiger partial charge in [-0.15, -0.1) is 0 Å². The van der Waals surface area contributed by atoms with Gasteiger partial charge < -0.3 is 9.84 Å². The molecule has 3 heterocycles. The predicted molar refractivity (Wildman–Crippen MR) is 85.6 cm³/mol. The average molecular weight is 307 g/mol. The van der Waals surface area contributed by atoms with E-state index in [2.05, 4.69) is 30.0 Å². The summed E-state index contributed by atoms with van der Waals surface area (Å²) in [5, 5.41) is 15.2. The molecule has 5 heteroatoms. The molecule has 0 radical (unpaired) electrons. The number of hydrogen-bond acceptors (Lipinski definition) is 4. The fourth-order valence-corrected chi connectivity index (χ4v) is 3.86. The Morgan fingerprint density at radius 1 is 1.50 bits per heavy atom. The normalized spacial score (nSPS) is 33.7. The molecule has 0 bridgehead atoms. The van der Waals surface area contributed by atoms with E-state index in [1.165, 1.54) is 12.0 Å². The third-order valence-corrected chi connectivity index (χ3v) is 5.30. The summed E-state index contributed by atoms with van der Waals surface area (Å²) >= 11 is 0. The van der Waals surface area contributed by atoms with Crippen LogP contribution in [0.5, 0.6) is 0 Å². The number of ether oxygens (including phenoxy) is 1. The number of likely N-dealkylation sites (tertiary alicyclic amines) is 1. The van der Waals surface area contributed by atoms with Gasteiger partial charge in [0.05, 0.1) is 18.4 Å². The van der Waals surface area contributed by atoms with Gasteiger partial charge >= 0.3 is 0 Å². The highest BCUT2D eigenvalue weighted by Crippen LogP contribution is 2.36. The van der Waals surface area contributed by atoms with Crippen molar-refractivity contribution in [2.45, 2.75) is 64.3 Å². The summed E-state index contributed by atoms with van der Waals surface area (Å²) in [6.07, 6.45) is 7.23. The number of aromatic nitrogens is 2. The quantitative estimate of drug-likeness (QED) is 0.926. The zero-order chi connectivity index (χ0) is 15.7. The first-order valence-corrected chi connectivity index (χ1v) is 8.54. The first kappa shape index (κ1) is 16.0. The van der Waals surface area contributed by atoms with Crippen molar-refractivity contribution in [1.29, 1.82) is 0 Å². The third kappa shape index (κ3) is 3.21. The molecule has 1 aromatic heterocycles. The molecule has 0 unspecified atom stereocenters. The van der Waals surface area contributed by atoms with Crippen LogP contribution in [0.2, 0.25) is 0 Å². The van der Waals surface area contributed by atoms with Crippen LogP contribution in [0.3, 0.4) is 0 Å². The van der Waals surface area contributed by atoms with Crippen LogP contribution in [0, 0.1) is 5.92 Å². The van der Waals surface area contributed by atoms with Crippen LogP contribution in [0.25, 0.3) is 0 Å². The molecule has 0 amide bonds. The lowest BCUT2D eigenvalue weighted by molar-refractivity contribution is -0.123. The molecular weight excluding hydrogens is 278 g/mol. The van der Waals surface area contributed by atoms with Crippen molar-refractivity contribution in [3.63, 3.8) is 0 Å². The van der Waals surface area contributed by atoms with Crippen LogP contribution in [0.1, 0.15) is 51.6 Å². The Hall–Kier alpha value is -0.910. The summed E-state index contributed by atoms with van der Waals surface area (Å²) < 4.78 is 7.68. The smallest absolute Gasteiger partial charge is 0.0706 e. The zero-order valence-electron chi connectivity index (χ0n) is 14.0. The molecule has 2 aliphatic heterocycles. The molecule has 3 rings (SSSR count). The van der Waals surface area contributed by atoms with E-state index in [1.807, 2.05) is 17.8 Å². The minimum atomic E-state index is -0.604. The van der Waals surface area contributed by atoms with Crippen LogP contribution < -0.4 is 0 Å². The molecule has 2 aliphatic rings. The van der Waals surface area contributed by atoms with E-state index in [-0.39, 0.29) is 5.92 Å². The summed E-state index contributed by atoms with van der Waals surface area (Å²) in [7, 11) is 0. The maximum atomic E-state index is 10.7. The van der Waals surface area contributed by atoms with E-state index in [0.29, 0.717) is 25.3 Å². The van der Waals surface area contributed by atoms with Gasteiger partial charge in [0, 0.05) is 42.9 Å². The van der Waals surface area contributed by atoms with Gasteiger partial charge in [0.15, 0.2) is 0 Å². The second-order valence-corrected chi connectivity index (χ2v) is 7.39. The highest BCUT2D eigenvalue weighted by molar-refractivity contribution is 5.06. The lowest BCUT2D eigenvalue weighted by Crippen LogP contribution is -2.52. The Balaban J connectivity index is 1.69. The van der Waals surface area contributed by atoms with Crippen molar-refractivity contribution < 1.29 is 9.84 Å². The third-order valence-electron chi connectivity index (χ3n) is 5.30. The monoisotopic (exact) mass is 307 g/mol. The van der Waals surface area contributed by atoms with Crippen LogP contribution in [0.15, 0.2) is 12.4 Å². The largest absolute Gasteiger partial charge is 0.390 e. The molecule has 2 saturated heterocycles. The maximum absolute atomic E-state index is 10.7. The topological polar surface area (TPSA) is 50.5 Å². The van der Waals surface area contributed by atoms with E-state index in [4.69, 9.17) is 4.74 Å². The number of rotatable bonds is 4. The number of aliphatic hydroxyl groups is 1. The lowest BCUT2D eigenvalue weighted by atomic mass is 9.79. The second kappa shape index (κ2) is 6.30. The molecule has 22 heavy (non-hydrogen) atoms. The fourth-order valence-electron chi connectivity index (χ4n) is 3.86. The van der Waals surface area contributed by atoms with Crippen LogP contribution >= 0.6 is 0 Å². The summed E-state index contributed by atoms with van der Waals surface area (Å²) in [6.45, 7) is 9.65. The molecular formula is C17H29N3O2. The predicted octanol–water partition coefficient (Wildman–Crippen LogP) is 2.22. The van der Waals surface area contributed by atoms with Crippen molar-refractivity contribution in [2.24, 2.45) is 5.92 Å². The summed E-state index contributed by atoms with van der Waals surface area (Å²) in [4.78, 5) is 2.51. The first-order chi connectivity index (χ1) is 10.5. The van der Waals surface area contributed by atoms with Gasteiger partial charge in [-0.3, -0.25) is 9.58 Å². The first-order valence-electron chi connectivity index (χ1n) is 8.54. The SMILES string of the molecule is CC(C)n1cc(CN2CCC[C@@H]2[C@@H]2COCC[C@@]2(C)O)cn1. The Morgan fingerprint density at radius 3 is 3.00 bits per heavy atom. The molecule has 124 valence electrons. The summed E-state index contributed by atoms with van der Waals surface area (Å²) in [5.74, 6) is 0.212. The van der Waals surface area contributed by atoms with Gasteiger partial charge in [-0.2, -0.15) is 5.10 Å². The van der Waals surface area contributed by atoms with Gasteiger partial charge in [-0.25, -0.2) is 0 Å². The summed E-state index contributed by atoms with van der Waals surface area (Å²) in [5.41, 5.74) is 0.658. The van der Waals surface area contributed by atoms with Gasteiger partial charge in [0.2, 0.25) is 0 Å². The molecule has 3 atom stereocenters. The summed E-state index contributed by atoms with van der Waals surface area (Å²) in [6, 6.07) is 0.813. The highest BCUT2D eigenvalue weighted by Gasteiger charge is 2.43. The molecule has 0 aromatic carbocycles. The number of nitrogens with zero attached hydrogens (tertiary/aromatic N) is 3. The average Bonchev–Trinajstić information content (AvgIpc) is 3.08. The van der Waals surface area contributed by atoms with Crippen LogP contribution in [-0.4, -0.2) is 51.2 Å². The Bertz CT molecular complexity index is 498. The van der Waals surface area contributed by atoms with Gasteiger partial charge in [-0.05, 0) is 46.6 Å². The van der Waals surface area contributed by atoms with Crippen LogP contribution in [-0.2, 0) is 11.3 Å². The van der Waals surface area contributed by atoms with Gasteiger partial charge in [0.25, 0.3) is 0 Å². The van der Waals surface area contributed by atoms with Gasteiger partial charge in [-0.1, -0.05) is 0 Å². The van der Waals surface area contributed by atoms with Crippen molar-refractivity contribution in [2.75, 3.05) is 19.8 Å². The zero-order valence-corrected chi connectivity index (χ0v) is 14.0. The minimum Gasteiger partial charge on any atom is -0.390 e. The Morgan fingerprint density at radius 2 is 2.32 bits per heavy atom. The second-order valence-electron chi connectivity index (χ2n) is 7.39. The Kier molecular flexibility index (Phi) is 4.57. The van der Waals surface area contributed by atoms with E-state index < -0.39 is 5.60 Å². The molecule has 1 aromatic rings. The minimum absolute atomic E-state index is 0.212. The van der Waals surface area contributed by atoms with Crippen molar-refractivity contribution in [1.82, 2.24) is 14.7 Å². The number of hydrogen-bond donors (Lipinski definition) is 1. The molecule has 0 spiro atoms. The molecule has 1 N–H and O–H groups in total. The van der Waals surface area contributed by atoms with E-state index in [9.17, 15) is 5.11 Å². The standard InChI is InChI=1S/C17H29N3O2/c1-13(2)20-11-14(9-18-20)10-19-7-4-5-16(19)15-12-22-8-6-17(15,3)21/h9,11,13,15-16,21H,4-8,10,12H2,1-3H3/t15-,16+,17+/m0/s1. The van der Waals surface area contributed by atoms with E-state index >= 15 is 0 Å².